The SMILES string of the molecule is Cc1ccc(C(=O)NC2CC2)cc1N=C(N)C(=CN)C(=O)C1C=C(CO)C=CC1. The number of aliphatic imine (C=N–C) groups is 1. The van der Waals surface area contributed by atoms with Gasteiger partial charge in [0.25, 0.3) is 5.91 Å². The largest absolute Gasteiger partial charge is 0.404 e. The molecule has 1 amide bonds. The van der Waals surface area contributed by atoms with E-state index in [9.17, 15) is 14.7 Å². The number of nitrogens with zero attached hydrogens (tertiary/aromatic N) is 1. The molecule has 1 saturated carbocycles. The molecule has 3 rings (SSSR count). The summed E-state index contributed by atoms with van der Waals surface area (Å²) in [4.78, 5) is 29.6. The summed E-state index contributed by atoms with van der Waals surface area (Å²) >= 11 is 0. The minimum absolute atomic E-state index is 0.00569. The summed E-state index contributed by atoms with van der Waals surface area (Å²) in [6.45, 7) is 1.71. The summed E-state index contributed by atoms with van der Waals surface area (Å²) in [5.41, 5.74) is 14.4. The van der Waals surface area contributed by atoms with Gasteiger partial charge in [0.2, 0.25) is 0 Å². The molecular weight excluding hydrogens is 368 g/mol. The van der Waals surface area contributed by atoms with Crippen LogP contribution in [0.3, 0.4) is 0 Å². The molecule has 0 spiro atoms. The van der Waals surface area contributed by atoms with E-state index in [2.05, 4.69) is 10.3 Å². The number of aliphatic hydroxyl groups excluding tert-OH is 1. The maximum absolute atomic E-state index is 12.9. The third kappa shape index (κ3) is 5.00. The van der Waals surface area contributed by atoms with Gasteiger partial charge in [-0.15, -0.1) is 0 Å². The van der Waals surface area contributed by atoms with Crippen LogP contribution in [0.25, 0.3) is 0 Å². The number of rotatable bonds is 7. The summed E-state index contributed by atoms with van der Waals surface area (Å²) in [5.74, 6) is -0.871. The molecule has 0 heterocycles. The summed E-state index contributed by atoms with van der Waals surface area (Å²) in [5, 5.41) is 12.2. The fraction of sp³-hybridized carbons (Fsp3) is 0.318. The monoisotopic (exact) mass is 394 g/mol. The lowest BCUT2D eigenvalue weighted by atomic mass is 9.89. The highest BCUT2D eigenvalue weighted by molar-refractivity contribution is 6.22. The molecule has 1 aromatic rings. The zero-order valence-electron chi connectivity index (χ0n) is 16.4. The molecule has 1 fully saturated rings. The van der Waals surface area contributed by atoms with Crippen molar-refractivity contribution in [2.45, 2.75) is 32.2 Å². The quantitative estimate of drug-likeness (QED) is 0.318. The van der Waals surface area contributed by atoms with Crippen LogP contribution in [0.2, 0.25) is 0 Å². The van der Waals surface area contributed by atoms with Crippen LogP contribution < -0.4 is 16.8 Å². The Kier molecular flexibility index (Phi) is 6.29. The number of allylic oxidation sites excluding steroid dienone is 2. The van der Waals surface area contributed by atoms with Crippen LogP contribution in [-0.4, -0.2) is 35.3 Å². The minimum atomic E-state index is -0.456. The van der Waals surface area contributed by atoms with E-state index in [0.29, 0.717) is 23.2 Å². The Morgan fingerprint density at radius 2 is 2.10 bits per heavy atom. The maximum atomic E-state index is 12.9. The van der Waals surface area contributed by atoms with Crippen molar-refractivity contribution in [3.05, 3.63) is 64.9 Å². The number of aliphatic hydroxyl groups is 1. The number of ketones is 1. The molecule has 7 heteroatoms. The first-order valence-corrected chi connectivity index (χ1v) is 9.63. The van der Waals surface area contributed by atoms with Crippen molar-refractivity contribution in [2.75, 3.05) is 6.61 Å². The topological polar surface area (TPSA) is 131 Å². The highest BCUT2D eigenvalue weighted by Gasteiger charge is 2.25. The van der Waals surface area contributed by atoms with Crippen molar-refractivity contribution >= 4 is 23.2 Å². The fourth-order valence-electron chi connectivity index (χ4n) is 3.09. The van der Waals surface area contributed by atoms with E-state index < -0.39 is 5.92 Å². The van der Waals surface area contributed by atoms with E-state index in [-0.39, 0.29) is 35.7 Å². The van der Waals surface area contributed by atoms with E-state index in [4.69, 9.17) is 11.5 Å². The van der Waals surface area contributed by atoms with Gasteiger partial charge in [-0.2, -0.15) is 0 Å². The zero-order valence-corrected chi connectivity index (χ0v) is 16.4. The van der Waals surface area contributed by atoms with Gasteiger partial charge in [0.15, 0.2) is 5.78 Å². The Bertz CT molecular complexity index is 939. The molecule has 0 radical (unpaired) electrons. The number of amides is 1. The molecule has 7 nitrogen and oxygen atoms in total. The van der Waals surface area contributed by atoms with Crippen molar-refractivity contribution in [2.24, 2.45) is 22.4 Å². The highest BCUT2D eigenvalue weighted by Crippen LogP contribution is 2.25. The molecule has 2 aliphatic rings. The van der Waals surface area contributed by atoms with E-state index in [1.54, 1.807) is 30.4 Å². The Hall–Kier alpha value is -3.19. The van der Waals surface area contributed by atoms with E-state index >= 15 is 0 Å². The van der Waals surface area contributed by atoms with Gasteiger partial charge in [-0.3, -0.25) is 9.59 Å². The predicted octanol–water partition coefficient (Wildman–Crippen LogP) is 1.78. The lowest BCUT2D eigenvalue weighted by molar-refractivity contribution is -0.117. The molecule has 152 valence electrons. The summed E-state index contributed by atoms with van der Waals surface area (Å²) in [6, 6.07) is 5.45. The second kappa shape index (κ2) is 8.87. The molecule has 29 heavy (non-hydrogen) atoms. The smallest absolute Gasteiger partial charge is 0.251 e. The van der Waals surface area contributed by atoms with E-state index in [0.717, 1.165) is 24.6 Å². The van der Waals surface area contributed by atoms with Crippen LogP contribution in [0.15, 0.2) is 58.8 Å². The fourth-order valence-corrected chi connectivity index (χ4v) is 3.09. The number of amidine groups is 1. The first-order chi connectivity index (χ1) is 13.9. The number of benzene rings is 1. The van der Waals surface area contributed by atoms with Crippen LogP contribution in [0.5, 0.6) is 0 Å². The minimum Gasteiger partial charge on any atom is -0.404 e. The number of nitrogens with two attached hydrogens (primary N) is 2. The first-order valence-electron chi connectivity index (χ1n) is 9.63. The van der Waals surface area contributed by atoms with Gasteiger partial charge in [-0.05, 0) is 49.5 Å². The molecule has 0 aromatic heterocycles. The van der Waals surface area contributed by atoms with Crippen LogP contribution in [0, 0.1) is 12.8 Å². The van der Waals surface area contributed by atoms with Crippen LogP contribution in [0.1, 0.15) is 35.2 Å². The van der Waals surface area contributed by atoms with Crippen molar-refractivity contribution in [1.82, 2.24) is 5.32 Å². The van der Waals surface area contributed by atoms with Crippen LogP contribution in [0.4, 0.5) is 5.69 Å². The van der Waals surface area contributed by atoms with Crippen LogP contribution in [-0.2, 0) is 4.79 Å². The third-order valence-electron chi connectivity index (χ3n) is 4.99. The summed E-state index contributed by atoms with van der Waals surface area (Å²) in [7, 11) is 0. The van der Waals surface area contributed by atoms with E-state index in [1.807, 2.05) is 13.0 Å². The van der Waals surface area contributed by atoms with Gasteiger partial charge in [0.1, 0.15) is 5.84 Å². The van der Waals surface area contributed by atoms with Crippen LogP contribution >= 0.6 is 0 Å². The summed E-state index contributed by atoms with van der Waals surface area (Å²) in [6.07, 6.45) is 9.01. The molecule has 6 N–H and O–H groups in total. The number of carbonyl (C=O) groups is 2. The van der Waals surface area contributed by atoms with Crippen molar-refractivity contribution in [1.29, 1.82) is 0 Å². The lowest BCUT2D eigenvalue weighted by Crippen LogP contribution is -2.27. The average Bonchev–Trinajstić information content (AvgIpc) is 3.54. The number of nitrogens with one attached hydrogen (secondary N) is 1. The number of aryl methyl sites for hydroxylation is 1. The van der Waals surface area contributed by atoms with Gasteiger partial charge in [-0.1, -0.05) is 24.3 Å². The third-order valence-corrected chi connectivity index (χ3v) is 4.99. The highest BCUT2D eigenvalue weighted by atomic mass is 16.3. The Labute approximate surface area is 169 Å². The molecule has 0 saturated heterocycles. The second-order valence-electron chi connectivity index (χ2n) is 7.33. The van der Waals surface area contributed by atoms with Gasteiger partial charge in [-0.25, -0.2) is 4.99 Å². The first kappa shape index (κ1) is 20.5. The maximum Gasteiger partial charge on any atom is 0.251 e. The summed E-state index contributed by atoms with van der Waals surface area (Å²) < 4.78 is 0. The van der Waals surface area contributed by atoms with Gasteiger partial charge in [0, 0.05) is 23.7 Å². The standard InChI is InChI=1S/C22H26N4O3/c1-13-5-6-16(22(29)25-17-7-8-17)10-19(13)26-21(24)18(11-23)20(28)15-4-2-3-14(9-15)12-27/h2-3,5-6,9-11,15,17,27H,4,7-8,12,23H2,1H3,(H2,24,26)(H,25,29). The Morgan fingerprint density at radius 3 is 2.76 bits per heavy atom. The molecule has 1 unspecified atom stereocenters. The molecule has 0 bridgehead atoms. The predicted molar refractivity (Wildman–Crippen MR) is 113 cm³/mol. The van der Waals surface area contributed by atoms with Crippen molar-refractivity contribution < 1.29 is 14.7 Å². The number of Topliss-reactive ketones (excluding diaryl/α,β-unsaturated/α-hetero) is 1. The Balaban J connectivity index is 1.83. The number of hydrogen-bond acceptors (Lipinski definition) is 5. The molecule has 1 aromatic carbocycles. The van der Waals surface area contributed by atoms with E-state index in [1.165, 1.54) is 0 Å². The molecule has 1 atom stereocenters. The zero-order chi connectivity index (χ0) is 21.0. The molecular formula is C22H26N4O3. The van der Waals surface area contributed by atoms with Gasteiger partial charge in [0.05, 0.1) is 17.9 Å². The van der Waals surface area contributed by atoms with Crippen molar-refractivity contribution in [3.63, 3.8) is 0 Å². The van der Waals surface area contributed by atoms with Gasteiger partial charge >= 0.3 is 0 Å². The van der Waals surface area contributed by atoms with Gasteiger partial charge < -0.3 is 21.9 Å². The average molecular weight is 394 g/mol. The second-order valence-corrected chi connectivity index (χ2v) is 7.33. The molecule has 0 aliphatic heterocycles. The Morgan fingerprint density at radius 1 is 1.34 bits per heavy atom. The normalized spacial score (nSPS) is 19.7. The molecule has 2 aliphatic carbocycles. The number of carbonyl (C=O) groups excluding carboxylic acids is 2. The lowest BCUT2D eigenvalue weighted by Gasteiger charge is -2.16. The van der Waals surface area contributed by atoms with Crippen molar-refractivity contribution in [3.8, 4) is 0 Å². The number of hydrogen-bond donors (Lipinski definition) is 4.